The normalized spacial score (nSPS) is 20.4. The molecule has 1 aliphatic heterocycles. The Morgan fingerprint density at radius 3 is 2.45 bits per heavy atom. The highest BCUT2D eigenvalue weighted by atomic mass is 28.3. The molecule has 3 heteroatoms. The Morgan fingerprint density at radius 1 is 1.20 bits per heavy atom. The lowest BCUT2D eigenvalue weighted by molar-refractivity contribution is 0.0411. The van der Waals surface area contributed by atoms with Crippen LogP contribution in [0.15, 0.2) is 24.3 Å². The van der Waals surface area contributed by atoms with Crippen LogP contribution in [0.2, 0.25) is 19.6 Å². The zero-order valence-electron chi connectivity index (χ0n) is 13.5. The quantitative estimate of drug-likeness (QED) is 0.773. The first-order chi connectivity index (χ1) is 9.45. The van der Waals surface area contributed by atoms with E-state index in [1.807, 2.05) is 0 Å². The topological polar surface area (TPSA) is 12.5 Å². The van der Waals surface area contributed by atoms with Gasteiger partial charge in [0, 0.05) is 19.7 Å². The van der Waals surface area contributed by atoms with E-state index in [-0.39, 0.29) is 0 Å². The molecule has 1 aromatic carbocycles. The van der Waals surface area contributed by atoms with Crippen LogP contribution >= 0.6 is 0 Å². The number of hydrogen-bond acceptors (Lipinski definition) is 2. The molecule has 1 heterocycles. The minimum atomic E-state index is -1.16. The number of nitrogens with zero attached hydrogens (tertiary/aromatic N) is 1. The molecule has 1 saturated heterocycles. The first-order valence-electron chi connectivity index (χ1n) is 7.81. The molecule has 1 aromatic rings. The summed E-state index contributed by atoms with van der Waals surface area (Å²) in [7, 11) is 1.06. The molecule has 0 amide bonds. The SMILES string of the molecule is CN(Cc1ccc([Si](C)(C)C)cc1)CC1CCCOC1. The lowest BCUT2D eigenvalue weighted by Gasteiger charge is -2.27. The molecule has 1 atom stereocenters. The fourth-order valence-electron chi connectivity index (χ4n) is 2.88. The van der Waals surface area contributed by atoms with Gasteiger partial charge in [-0.15, -0.1) is 0 Å². The van der Waals surface area contributed by atoms with E-state index in [1.165, 1.54) is 18.4 Å². The maximum atomic E-state index is 5.56. The summed E-state index contributed by atoms with van der Waals surface area (Å²) in [6.07, 6.45) is 2.54. The van der Waals surface area contributed by atoms with Crippen molar-refractivity contribution in [3.05, 3.63) is 29.8 Å². The van der Waals surface area contributed by atoms with Gasteiger partial charge in [0.15, 0.2) is 0 Å². The van der Waals surface area contributed by atoms with Crippen molar-refractivity contribution in [1.29, 1.82) is 0 Å². The van der Waals surface area contributed by atoms with Gasteiger partial charge in [-0.3, -0.25) is 0 Å². The van der Waals surface area contributed by atoms with Crippen molar-refractivity contribution >= 4 is 13.3 Å². The number of ether oxygens (including phenoxy) is 1. The van der Waals surface area contributed by atoms with Crippen LogP contribution in [0.5, 0.6) is 0 Å². The van der Waals surface area contributed by atoms with Crippen molar-refractivity contribution in [2.24, 2.45) is 5.92 Å². The van der Waals surface area contributed by atoms with Crippen LogP contribution in [0.1, 0.15) is 18.4 Å². The third-order valence-electron chi connectivity index (χ3n) is 4.10. The predicted molar refractivity (Wildman–Crippen MR) is 89.3 cm³/mol. The van der Waals surface area contributed by atoms with Gasteiger partial charge >= 0.3 is 0 Å². The maximum Gasteiger partial charge on any atom is 0.0775 e. The molecule has 2 rings (SSSR count). The zero-order chi connectivity index (χ0) is 14.6. The smallest absolute Gasteiger partial charge is 0.0775 e. The van der Waals surface area contributed by atoms with E-state index in [4.69, 9.17) is 4.74 Å². The fourth-order valence-corrected chi connectivity index (χ4v) is 4.05. The first kappa shape index (κ1) is 15.7. The Morgan fingerprint density at radius 2 is 1.90 bits per heavy atom. The predicted octanol–water partition coefficient (Wildman–Crippen LogP) is 3.09. The Bertz CT molecular complexity index is 404. The molecule has 1 fully saturated rings. The summed E-state index contributed by atoms with van der Waals surface area (Å²) in [5, 5.41) is 1.55. The van der Waals surface area contributed by atoms with Gasteiger partial charge in [-0.1, -0.05) is 49.1 Å². The van der Waals surface area contributed by atoms with Crippen molar-refractivity contribution in [2.45, 2.75) is 39.0 Å². The molecular formula is C17H29NOSi. The average Bonchev–Trinajstić information content (AvgIpc) is 2.39. The van der Waals surface area contributed by atoms with E-state index in [2.05, 4.69) is 55.9 Å². The second kappa shape index (κ2) is 6.88. The Kier molecular flexibility index (Phi) is 5.41. The first-order valence-corrected chi connectivity index (χ1v) is 11.3. The van der Waals surface area contributed by atoms with E-state index < -0.39 is 8.07 Å². The molecule has 0 spiro atoms. The lowest BCUT2D eigenvalue weighted by Crippen LogP contribution is -2.37. The van der Waals surface area contributed by atoms with Crippen molar-refractivity contribution in [2.75, 3.05) is 26.8 Å². The highest BCUT2D eigenvalue weighted by Gasteiger charge is 2.17. The van der Waals surface area contributed by atoms with Crippen LogP contribution in [0.4, 0.5) is 0 Å². The number of hydrogen-bond donors (Lipinski definition) is 0. The van der Waals surface area contributed by atoms with Gasteiger partial charge in [-0.05, 0) is 31.4 Å². The second-order valence-electron chi connectivity index (χ2n) is 7.23. The van der Waals surface area contributed by atoms with Crippen molar-refractivity contribution in [3.8, 4) is 0 Å². The van der Waals surface area contributed by atoms with Gasteiger partial charge in [0.2, 0.25) is 0 Å². The monoisotopic (exact) mass is 291 g/mol. The molecule has 1 aliphatic rings. The Balaban J connectivity index is 1.86. The summed E-state index contributed by atoms with van der Waals surface area (Å²) in [5.41, 5.74) is 1.42. The zero-order valence-corrected chi connectivity index (χ0v) is 14.5. The molecule has 0 aromatic heterocycles. The number of benzene rings is 1. The lowest BCUT2D eigenvalue weighted by atomic mass is 10.0. The molecule has 0 aliphatic carbocycles. The van der Waals surface area contributed by atoms with E-state index in [0.29, 0.717) is 0 Å². The molecule has 112 valence electrons. The Hall–Kier alpha value is -0.643. The largest absolute Gasteiger partial charge is 0.381 e. The highest BCUT2D eigenvalue weighted by molar-refractivity contribution is 6.88. The van der Waals surface area contributed by atoms with Crippen molar-refractivity contribution < 1.29 is 4.74 Å². The minimum Gasteiger partial charge on any atom is -0.381 e. The van der Waals surface area contributed by atoms with Crippen molar-refractivity contribution in [3.63, 3.8) is 0 Å². The summed E-state index contributed by atoms with van der Waals surface area (Å²) in [6.45, 7) is 11.3. The van der Waals surface area contributed by atoms with Gasteiger partial charge in [0.05, 0.1) is 14.7 Å². The van der Waals surface area contributed by atoms with Crippen LogP contribution in [-0.2, 0) is 11.3 Å². The van der Waals surface area contributed by atoms with Crippen LogP contribution in [-0.4, -0.2) is 39.8 Å². The van der Waals surface area contributed by atoms with Gasteiger partial charge in [-0.25, -0.2) is 0 Å². The van der Waals surface area contributed by atoms with E-state index in [0.717, 1.165) is 32.2 Å². The fraction of sp³-hybridized carbons (Fsp3) is 0.647. The highest BCUT2D eigenvalue weighted by Crippen LogP contribution is 2.15. The van der Waals surface area contributed by atoms with Crippen LogP contribution in [0.25, 0.3) is 0 Å². The maximum absolute atomic E-state index is 5.56. The van der Waals surface area contributed by atoms with E-state index >= 15 is 0 Å². The standard InChI is InChI=1S/C17H29NOSi/c1-18(13-16-6-5-11-19-14-16)12-15-7-9-17(10-8-15)20(2,3)4/h7-10,16H,5-6,11-14H2,1-4H3. The molecule has 0 bridgehead atoms. The Labute approximate surface area is 125 Å². The molecule has 0 radical (unpaired) electrons. The van der Waals surface area contributed by atoms with Gasteiger partial charge in [0.1, 0.15) is 0 Å². The van der Waals surface area contributed by atoms with Crippen molar-refractivity contribution in [1.82, 2.24) is 4.90 Å². The molecule has 20 heavy (non-hydrogen) atoms. The minimum absolute atomic E-state index is 0.718. The molecular weight excluding hydrogens is 262 g/mol. The average molecular weight is 292 g/mol. The third-order valence-corrected chi connectivity index (χ3v) is 6.16. The summed E-state index contributed by atoms with van der Waals surface area (Å²) < 4.78 is 5.56. The third kappa shape index (κ3) is 4.72. The summed E-state index contributed by atoms with van der Waals surface area (Å²) in [4.78, 5) is 2.43. The molecule has 1 unspecified atom stereocenters. The van der Waals surface area contributed by atoms with Crippen LogP contribution in [0.3, 0.4) is 0 Å². The van der Waals surface area contributed by atoms with Gasteiger partial charge in [-0.2, -0.15) is 0 Å². The van der Waals surface area contributed by atoms with Crippen LogP contribution < -0.4 is 5.19 Å². The van der Waals surface area contributed by atoms with E-state index in [9.17, 15) is 0 Å². The molecule has 0 N–H and O–H groups in total. The summed E-state index contributed by atoms with van der Waals surface area (Å²) in [5.74, 6) is 0.718. The van der Waals surface area contributed by atoms with Gasteiger partial charge < -0.3 is 9.64 Å². The molecule has 2 nitrogen and oxygen atoms in total. The van der Waals surface area contributed by atoms with Crippen LogP contribution in [0, 0.1) is 5.92 Å². The molecule has 0 saturated carbocycles. The van der Waals surface area contributed by atoms with Gasteiger partial charge in [0.25, 0.3) is 0 Å². The number of rotatable bonds is 5. The summed E-state index contributed by atoms with van der Waals surface area (Å²) in [6, 6.07) is 9.28. The second-order valence-corrected chi connectivity index (χ2v) is 12.3. The summed E-state index contributed by atoms with van der Waals surface area (Å²) >= 11 is 0. The van der Waals surface area contributed by atoms with E-state index in [1.54, 1.807) is 5.19 Å².